The summed E-state index contributed by atoms with van der Waals surface area (Å²) in [7, 11) is 0. The quantitative estimate of drug-likeness (QED) is 0.836. The van der Waals surface area contributed by atoms with Crippen molar-refractivity contribution in [2.24, 2.45) is 0 Å². The summed E-state index contributed by atoms with van der Waals surface area (Å²) in [4.78, 5) is 10.6. The number of nitrogens with zero attached hydrogens (tertiary/aromatic N) is 3. The maximum absolute atomic E-state index is 10.6. The summed E-state index contributed by atoms with van der Waals surface area (Å²) in [6, 6.07) is 0. The molecule has 0 saturated carbocycles. The summed E-state index contributed by atoms with van der Waals surface area (Å²) < 4.78 is 2.28. The van der Waals surface area contributed by atoms with Crippen LogP contribution in [0.1, 0.15) is 25.6 Å². The summed E-state index contributed by atoms with van der Waals surface area (Å²) in [6.45, 7) is 5.04. The summed E-state index contributed by atoms with van der Waals surface area (Å²) in [5.74, 6) is 1.27. The third-order valence-electron chi connectivity index (χ3n) is 3.02. The van der Waals surface area contributed by atoms with Crippen molar-refractivity contribution in [3.8, 4) is 0 Å². The Kier molecular flexibility index (Phi) is 4.21. The Morgan fingerprint density at radius 3 is 3.00 bits per heavy atom. The highest BCUT2D eigenvalue weighted by Gasteiger charge is 2.31. The second-order valence-corrected chi connectivity index (χ2v) is 7.33. The Balaban J connectivity index is 2.11. The molecule has 0 bridgehead atoms. The van der Waals surface area contributed by atoms with E-state index in [4.69, 9.17) is 5.11 Å². The molecule has 1 aromatic heterocycles. The minimum atomic E-state index is -0.825. The normalized spacial score (nSPS) is 23.4. The van der Waals surface area contributed by atoms with E-state index in [-0.39, 0.29) is 10.5 Å². The van der Waals surface area contributed by atoms with E-state index in [1.807, 2.05) is 23.3 Å². The van der Waals surface area contributed by atoms with Gasteiger partial charge in [0.2, 0.25) is 0 Å². The molecule has 0 aliphatic carbocycles. The first-order valence-electron chi connectivity index (χ1n) is 5.88. The molecule has 0 amide bonds. The van der Waals surface area contributed by atoms with Gasteiger partial charge in [0.15, 0.2) is 5.16 Å². The fraction of sp³-hybridized carbons (Fsp3) is 0.727. The van der Waals surface area contributed by atoms with Crippen LogP contribution < -0.4 is 0 Å². The molecule has 1 unspecified atom stereocenters. The first-order valence-corrected chi connectivity index (χ1v) is 7.86. The van der Waals surface area contributed by atoms with E-state index in [1.165, 1.54) is 30.4 Å². The summed E-state index contributed by atoms with van der Waals surface area (Å²) in [6.07, 6.45) is 2.44. The highest BCUT2D eigenvalue weighted by molar-refractivity contribution is 8.00. The molecule has 1 N–H and O–H groups in total. The predicted molar refractivity (Wildman–Crippen MR) is 73.2 cm³/mol. The van der Waals surface area contributed by atoms with E-state index < -0.39 is 5.97 Å². The Labute approximate surface area is 115 Å². The molecule has 1 aliphatic rings. The standard InChI is InChI=1S/C11H17N3O2S2/c1-8-12-13-10(17-6-9(15)16)14(8)7-11(2)4-3-5-18-11/h3-7H2,1-2H3,(H,15,16). The molecule has 18 heavy (non-hydrogen) atoms. The SMILES string of the molecule is Cc1nnc(SCC(=O)O)n1CC1(C)CCCS1. The van der Waals surface area contributed by atoms with Crippen LogP contribution in [-0.2, 0) is 11.3 Å². The van der Waals surface area contributed by atoms with Crippen LogP contribution in [0.2, 0.25) is 0 Å². The molecular weight excluding hydrogens is 270 g/mol. The van der Waals surface area contributed by atoms with E-state index in [0.717, 1.165) is 12.4 Å². The van der Waals surface area contributed by atoms with E-state index in [9.17, 15) is 4.79 Å². The number of hydrogen-bond donors (Lipinski definition) is 1. The molecule has 1 saturated heterocycles. The molecule has 7 heteroatoms. The van der Waals surface area contributed by atoms with Gasteiger partial charge in [-0.15, -0.1) is 10.2 Å². The van der Waals surface area contributed by atoms with Gasteiger partial charge in [0.1, 0.15) is 5.82 Å². The molecule has 0 aromatic carbocycles. The predicted octanol–water partition coefficient (Wildman–Crippen LogP) is 2.05. The number of aliphatic carboxylic acids is 1. The zero-order valence-corrected chi connectivity index (χ0v) is 12.2. The largest absolute Gasteiger partial charge is 0.481 e. The van der Waals surface area contributed by atoms with Gasteiger partial charge in [0, 0.05) is 11.3 Å². The van der Waals surface area contributed by atoms with Crippen molar-refractivity contribution in [3.05, 3.63) is 5.82 Å². The molecule has 100 valence electrons. The van der Waals surface area contributed by atoms with Gasteiger partial charge >= 0.3 is 5.97 Å². The van der Waals surface area contributed by atoms with Crippen LogP contribution >= 0.6 is 23.5 Å². The van der Waals surface area contributed by atoms with Gasteiger partial charge in [-0.3, -0.25) is 4.79 Å². The average molecular weight is 287 g/mol. The van der Waals surface area contributed by atoms with Gasteiger partial charge in [0.05, 0.1) is 5.75 Å². The van der Waals surface area contributed by atoms with Gasteiger partial charge in [-0.25, -0.2) is 0 Å². The van der Waals surface area contributed by atoms with E-state index in [2.05, 4.69) is 17.1 Å². The number of thioether (sulfide) groups is 2. The van der Waals surface area contributed by atoms with Crippen molar-refractivity contribution < 1.29 is 9.90 Å². The number of aryl methyl sites for hydroxylation is 1. The molecular formula is C11H17N3O2S2. The third-order valence-corrected chi connectivity index (χ3v) is 5.49. The minimum absolute atomic E-state index is 0.0298. The van der Waals surface area contributed by atoms with Crippen LogP contribution in [0.4, 0.5) is 0 Å². The number of carbonyl (C=O) groups is 1. The fourth-order valence-electron chi connectivity index (χ4n) is 2.07. The maximum Gasteiger partial charge on any atom is 0.313 e. The Morgan fingerprint density at radius 1 is 1.61 bits per heavy atom. The third kappa shape index (κ3) is 3.20. The lowest BCUT2D eigenvalue weighted by Gasteiger charge is -2.24. The molecule has 1 atom stereocenters. The van der Waals surface area contributed by atoms with Crippen LogP contribution in [0.5, 0.6) is 0 Å². The highest BCUT2D eigenvalue weighted by Crippen LogP contribution is 2.39. The van der Waals surface area contributed by atoms with Gasteiger partial charge in [-0.05, 0) is 32.4 Å². The van der Waals surface area contributed by atoms with Gasteiger partial charge in [-0.1, -0.05) is 11.8 Å². The molecule has 0 radical (unpaired) electrons. The van der Waals surface area contributed by atoms with E-state index in [0.29, 0.717) is 5.16 Å². The minimum Gasteiger partial charge on any atom is -0.481 e. The van der Waals surface area contributed by atoms with Crippen molar-refractivity contribution in [2.45, 2.75) is 43.1 Å². The molecule has 1 aliphatic heterocycles. The molecule has 2 heterocycles. The smallest absolute Gasteiger partial charge is 0.313 e. The van der Waals surface area contributed by atoms with Crippen molar-refractivity contribution >= 4 is 29.5 Å². The lowest BCUT2D eigenvalue weighted by Crippen LogP contribution is -2.25. The van der Waals surface area contributed by atoms with Crippen LogP contribution in [-0.4, -0.2) is 42.1 Å². The van der Waals surface area contributed by atoms with Crippen LogP contribution in [0, 0.1) is 6.92 Å². The number of carboxylic acids is 1. The lowest BCUT2D eigenvalue weighted by atomic mass is 10.1. The Hall–Kier alpha value is -0.690. The molecule has 0 spiro atoms. The summed E-state index contributed by atoms with van der Waals surface area (Å²) >= 11 is 3.22. The molecule has 1 aromatic rings. The average Bonchev–Trinajstić information content (AvgIpc) is 2.86. The monoisotopic (exact) mass is 287 g/mol. The number of hydrogen-bond acceptors (Lipinski definition) is 5. The van der Waals surface area contributed by atoms with E-state index >= 15 is 0 Å². The summed E-state index contributed by atoms with van der Waals surface area (Å²) in [5.41, 5.74) is 0. The van der Waals surface area contributed by atoms with Crippen LogP contribution in [0.15, 0.2) is 5.16 Å². The van der Waals surface area contributed by atoms with Crippen molar-refractivity contribution in [1.82, 2.24) is 14.8 Å². The number of carboxylic acid groups (broad SMARTS) is 1. The molecule has 2 rings (SSSR count). The number of rotatable bonds is 5. The summed E-state index contributed by atoms with van der Waals surface area (Å²) in [5, 5.41) is 17.6. The van der Waals surface area contributed by atoms with Gasteiger partial charge in [-0.2, -0.15) is 11.8 Å². The maximum atomic E-state index is 10.6. The fourth-order valence-corrected chi connectivity index (χ4v) is 4.07. The van der Waals surface area contributed by atoms with Crippen molar-refractivity contribution in [1.29, 1.82) is 0 Å². The second kappa shape index (κ2) is 5.52. The Bertz CT molecular complexity index is 441. The zero-order valence-electron chi connectivity index (χ0n) is 10.5. The topological polar surface area (TPSA) is 68.0 Å². The lowest BCUT2D eigenvalue weighted by molar-refractivity contribution is -0.133. The Morgan fingerprint density at radius 2 is 2.39 bits per heavy atom. The first kappa shape index (κ1) is 13.7. The van der Waals surface area contributed by atoms with Gasteiger partial charge < -0.3 is 9.67 Å². The molecule has 5 nitrogen and oxygen atoms in total. The van der Waals surface area contributed by atoms with Crippen LogP contribution in [0.25, 0.3) is 0 Å². The highest BCUT2D eigenvalue weighted by atomic mass is 32.2. The zero-order chi connectivity index (χ0) is 13.2. The van der Waals surface area contributed by atoms with Gasteiger partial charge in [0.25, 0.3) is 0 Å². The van der Waals surface area contributed by atoms with Crippen LogP contribution in [0.3, 0.4) is 0 Å². The second-order valence-electron chi connectivity index (χ2n) is 4.70. The number of aromatic nitrogens is 3. The molecule has 1 fully saturated rings. The first-order chi connectivity index (χ1) is 8.50. The van der Waals surface area contributed by atoms with Crippen molar-refractivity contribution in [2.75, 3.05) is 11.5 Å². The van der Waals surface area contributed by atoms with Crippen molar-refractivity contribution in [3.63, 3.8) is 0 Å². The van der Waals surface area contributed by atoms with E-state index in [1.54, 1.807) is 0 Å².